The van der Waals surface area contributed by atoms with Crippen LogP contribution < -0.4 is 38.2 Å². The number of nitrogens with zero attached hydrogens (tertiary/aromatic N) is 3. The summed E-state index contributed by atoms with van der Waals surface area (Å²) < 4.78 is 34.0. The second-order valence-corrected chi connectivity index (χ2v) is 13.7. The predicted octanol–water partition coefficient (Wildman–Crippen LogP) is 4.85. The van der Waals surface area contributed by atoms with Gasteiger partial charge in [-0.1, -0.05) is 66.8 Å². The maximum Gasteiger partial charge on any atom is 0.131 e. The summed E-state index contributed by atoms with van der Waals surface area (Å²) in [6, 6.07) is 36.7. The summed E-state index contributed by atoms with van der Waals surface area (Å²) in [5, 5.41) is 0. The highest BCUT2D eigenvalue weighted by Gasteiger charge is 2.15. The molecule has 0 bridgehead atoms. The molecule has 0 saturated heterocycles. The molecule has 54 heavy (non-hydrogen) atoms. The molecular formula is C45H61ClN4O4. The maximum absolute atomic E-state index is 8.49. The van der Waals surface area contributed by atoms with Crippen LogP contribution in [0.2, 0.25) is 0 Å². The first-order valence-corrected chi connectivity index (χ1v) is 20.7. The second kappa shape index (κ2) is 22.3. The molecule has 0 spiro atoms. The first-order valence-electron chi connectivity index (χ1n) is 19.5. The Hall–Kier alpha value is -4.15. The minimum Gasteiger partial charge on any atom is -0.372 e. The first-order chi connectivity index (χ1) is 25.9. The maximum atomic E-state index is 8.49. The van der Waals surface area contributed by atoms with Crippen LogP contribution in [0.4, 0.5) is 22.7 Å². The molecule has 0 aromatic heterocycles. The molecule has 0 heterocycles. The highest BCUT2D eigenvalue weighted by Crippen LogP contribution is 2.31. The molecule has 4 rings (SSSR count). The quantitative estimate of drug-likeness (QED) is 0.145. The Kier molecular flexibility index (Phi) is 18.3. The lowest BCUT2D eigenvalue weighted by molar-refractivity contribution is -2.00. The third-order valence-electron chi connectivity index (χ3n) is 10.1. The lowest BCUT2D eigenvalue weighted by Gasteiger charge is -2.22. The lowest BCUT2D eigenvalue weighted by atomic mass is 9.90. The number of halogens is 1. The van der Waals surface area contributed by atoms with Crippen LogP contribution in [0.1, 0.15) is 83.6 Å². The fourth-order valence-corrected chi connectivity index (χ4v) is 6.98. The summed E-state index contributed by atoms with van der Waals surface area (Å²) in [5.41, 5.74) is 11.5. The molecule has 8 nitrogen and oxygen atoms in total. The van der Waals surface area contributed by atoms with E-state index in [0.717, 1.165) is 52.4 Å². The van der Waals surface area contributed by atoms with Gasteiger partial charge in [-0.25, -0.2) is 18.6 Å². The zero-order valence-electron chi connectivity index (χ0n) is 33.6. The Balaban J connectivity index is 0.00000147. The van der Waals surface area contributed by atoms with E-state index in [2.05, 4.69) is 185 Å². The molecular weight excluding hydrogens is 696 g/mol. The highest BCUT2D eigenvalue weighted by atomic mass is 35.7. The van der Waals surface area contributed by atoms with Crippen LogP contribution in [0.25, 0.3) is 5.57 Å². The van der Waals surface area contributed by atoms with Gasteiger partial charge in [0.1, 0.15) is 5.69 Å². The van der Waals surface area contributed by atoms with Crippen molar-refractivity contribution in [3.05, 3.63) is 138 Å². The summed E-state index contributed by atoms with van der Waals surface area (Å²) in [5.74, 6) is 0.138. The minimum absolute atomic E-state index is 0.138. The molecule has 4 aromatic carbocycles. The number of hydrogen-bond donors (Lipinski definition) is 1. The molecule has 0 aliphatic rings. The van der Waals surface area contributed by atoms with E-state index in [4.69, 9.17) is 18.6 Å². The van der Waals surface area contributed by atoms with Gasteiger partial charge < -0.3 is 19.6 Å². The van der Waals surface area contributed by atoms with E-state index in [0.29, 0.717) is 0 Å². The van der Waals surface area contributed by atoms with Crippen molar-refractivity contribution in [2.24, 2.45) is 0 Å². The molecule has 9 heteroatoms. The Labute approximate surface area is 327 Å². The van der Waals surface area contributed by atoms with Gasteiger partial charge in [0.2, 0.25) is 0 Å². The molecule has 1 atom stereocenters. The van der Waals surface area contributed by atoms with Crippen LogP contribution in [0.5, 0.6) is 0 Å². The van der Waals surface area contributed by atoms with Gasteiger partial charge in [0.15, 0.2) is 0 Å². The van der Waals surface area contributed by atoms with Crippen molar-refractivity contribution in [2.75, 3.05) is 67.1 Å². The molecule has 4 aromatic rings. The minimum atomic E-state index is -4.94. The standard InChI is InChI=1S/C45H60N4.ClHO4/c1-9-46(10-2)40-28-20-36(21-29-40)44(37-22-30-41(31-23-37)47(11-3)12-4)18-17-19-45(38-24-32-42(33-25-38)48(13-5)14-6)39-26-34-43(35-27-39)49(15-7)16-8;2-1(3,4)5/h17-35,44H,9-16H2,1-8H3;(H,2,3,4,5)/b18-17+;. The summed E-state index contributed by atoms with van der Waals surface area (Å²) in [6.45, 7) is 26.0. The number of hydrogen-bond acceptors (Lipinski definition) is 7. The number of allylic oxidation sites excluding steroid dienone is 3. The molecule has 0 amide bonds. The van der Waals surface area contributed by atoms with Gasteiger partial charge in [0.25, 0.3) is 0 Å². The van der Waals surface area contributed by atoms with Gasteiger partial charge in [0, 0.05) is 62.2 Å². The van der Waals surface area contributed by atoms with Crippen molar-refractivity contribution in [3.63, 3.8) is 0 Å². The molecule has 292 valence electrons. The van der Waals surface area contributed by atoms with Gasteiger partial charge >= 0.3 is 0 Å². The zero-order chi connectivity index (χ0) is 39.7. The summed E-state index contributed by atoms with van der Waals surface area (Å²) in [6.07, 6.45) is 6.96. The molecule has 1 unspecified atom stereocenters. The molecule has 1 N–H and O–H groups in total. The van der Waals surface area contributed by atoms with E-state index < -0.39 is 10.2 Å². The van der Waals surface area contributed by atoms with Gasteiger partial charge in [0.05, 0.1) is 13.1 Å². The summed E-state index contributed by atoms with van der Waals surface area (Å²) in [4.78, 5) is 8.71. The van der Waals surface area contributed by atoms with E-state index in [-0.39, 0.29) is 5.92 Å². The Morgan fingerprint density at radius 1 is 0.519 bits per heavy atom. The number of anilines is 3. The van der Waals surface area contributed by atoms with E-state index in [1.165, 1.54) is 55.5 Å². The molecule has 0 aliphatic carbocycles. The average Bonchev–Trinajstić information content (AvgIpc) is 3.18. The fraction of sp³-hybridized carbons (Fsp3) is 0.378. The molecule has 0 radical (unpaired) electrons. The monoisotopic (exact) mass is 756 g/mol. The van der Waals surface area contributed by atoms with Crippen molar-refractivity contribution in [2.45, 2.75) is 61.3 Å². The predicted molar refractivity (Wildman–Crippen MR) is 216 cm³/mol. The van der Waals surface area contributed by atoms with Crippen LogP contribution in [-0.4, -0.2) is 52.4 Å². The SMILES string of the molecule is CCN(CC)c1ccc(C(=C/C=C/C(c2ccc(N(CC)CC)cc2)c2ccc([NH+](CC)CC)cc2)c2ccc(N(CC)CC)cc2)cc1.[O-][Cl+3]([O-])([O-])[O-]. The normalized spacial score (nSPS) is 11.9. The van der Waals surface area contributed by atoms with Gasteiger partial charge in [-0.3, -0.25) is 0 Å². The second-order valence-electron chi connectivity index (χ2n) is 13.0. The van der Waals surface area contributed by atoms with Gasteiger partial charge in [-0.05, 0) is 132 Å². The third-order valence-corrected chi connectivity index (χ3v) is 10.1. The van der Waals surface area contributed by atoms with E-state index in [1.54, 1.807) is 0 Å². The van der Waals surface area contributed by atoms with E-state index >= 15 is 0 Å². The number of nitrogens with one attached hydrogen (secondary N) is 1. The van der Waals surface area contributed by atoms with Crippen LogP contribution in [0.15, 0.2) is 115 Å². The van der Waals surface area contributed by atoms with Crippen LogP contribution in [0, 0.1) is 10.2 Å². The van der Waals surface area contributed by atoms with Crippen molar-refractivity contribution in [1.29, 1.82) is 0 Å². The van der Waals surface area contributed by atoms with E-state index in [1.807, 2.05) is 0 Å². The van der Waals surface area contributed by atoms with Crippen molar-refractivity contribution < 1.29 is 33.8 Å². The van der Waals surface area contributed by atoms with Crippen molar-refractivity contribution in [1.82, 2.24) is 0 Å². The Morgan fingerprint density at radius 3 is 1.15 bits per heavy atom. The van der Waals surface area contributed by atoms with Crippen LogP contribution in [-0.2, 0) is 0 Å². The summed E-state index contributed by atoms with van der Waals surface area (Å²) >= 11 is 0. The largest absolute Gasteiger partial charge is 0.372 e. The number of rotatable bonds is 18. The highest BCUT2D eigenvalue weighted by molar-refractivity contribution is 5.82. The Bertz CT molecular complexity index is 1570. The molecule has 0 saturated carbocycles. The lowest BCUT2D eigenvalue weighted by Crippen LogP contribution is -3.06. The van der Waals surface area contributed by atoms with Crippen LogP contribution in [0.3, 0.4) is 0 Å². The Morgan fingerprint density at radius 2 is 0.833 bits per heavy atom. The van der Waals surface area contributed by atoms with Crippen molar-refractivity contribution >= 4 is 28.3 Å². The molecule has 0 fully saturated rings. The third kappa shape index (κ3) is 13.0. The molecule has 0 aliphatic heterocycles. The topological polar surface area (TPSA) is 106 Å². The fourth-order valence-electron chi connectivity index (χ4n) is 6.98. The van der Waals surface area contributed by atoms with Crippen LogP contribution >= 0.6 is 0 Å². The summed E-state index contributed by atoms with van der Waals surface area (Å²) in [7, 11) is -4.94. The van der Waals surface area contributed by atoms with Gasteiger partial charge in [-0.15, -0.1) is 10.2 Å². The van der Waals surface area contributed by atoms with Crippen molar-refractivity contribution in [3.8, 4) is 0 Å². The first kappa shape index (κ1) is 44.2. The zero-order valence-corrected chi connectivity index (χ0v) is 34.3. The average molecular weight is 757 g/mol. The van der Waals surface area contributed by atoms with Gasteiger partial charge in [-0.2, -0.15) is 0 Å². The number of quaternary nitrogens is 1. The van der Waals surface area contributed by atoms with E-state index in [9.17, 15) is 0 Å². The number of benzene rings is 4. The smallest absolute Gasteiger partial charge is 0.131 e.